The largest absolute Gasteiger partial charge is 0.311 e. The summed E-state index contributed by atoms with van der Waals surface area (Å²) in [5.74, 6) is 0.219. The number of pyridine rings is 2. The molecule has 4 heterocycles. The Morgan fingerprint density at radius 3 is 1.61 bits per heavy atom. The van der Waals surface area contributed by atoms with Crippen molar-refractivity contribution < 1.29 is 9.13 Å². The van der Waals surface area contributed by atoms with Gasteiger partial charge in [-0.2, -0.15) is 9.13 Å². The number of anilines is 3. The molecule has 3 nitrogen and oxygen atoms in total. The number of hydrogen-bond donors (Lipinski definition) is 0. The Morgan fingerprint density at radius 1 is 0.536 bits per heavy atom. The Labute approximate surface area is 428 Å². The molecule has 0 N–H and O–H groups in total. The van der Waals surface area contributed by atoms with Crippen molar-refractivity contribution in [3.8, 4) is 44.8 Å². The minimum atomic E-state index is -0.232. The maximum Gasteiger partial charge on any atom is 0.213 e. The van der Waals surface area contributed by atoms with Crippen molar-refractivity contribution in [2.45, 2.75) is 110 Å². The summed E-state index contributed by atoms with van der Waals surface area (Å²) in [6.45, 7) is 23.6. The zero-order valence-corrected chi connectivity index (χ0v) is 45.1. The molecule has 2 aliphatic rings. The van der Waals surface area contributed by atoms with Crippen molar-refractivity contribution in [1.29, 1.82) is 0 Å². The van der Waals surface area contributed by atoms with Crippen LogP contribution in [0, 0.1) is 5.92 Å². The van der Waals surface area contributed by atoms with Crippen LogP contribution in [0.1, 0.15) is 110 Å². The van der Waals surface area contributed by atoms with E-state index in [1.165, 1.54) is 67.0 Å². The van der Waals surface area contributed by atoms with Crippen LogP contribution in [0.4, 0.5) is 17.1 Å². The summed E-state index contributed by atoms with van der Waals surface area (Å²) in [6.07, 6.45) is 6.65. The van der Waals surface area contributed by atoms with Gasteiger partial charge in [0.05, 0.1) is 16.5 Å². The Morgan fingerprint density at radius 2 is 1.04 bits per heavy atom. The molecule has 348 valence electrons. The molecule has 2 aliphatic heterocycles. The molecule has 0 bridgehead atoms. The Kier molecular flexibility index (Phi) is 12.0. The first kappa shape index (κ1) is 47.1. The molecule has 0 aliphatic carbocycles. The first-order chi connectivity index (χ1) is 33.0. The van der Waals surface area contributed by atoms with E-state index in [0.717, 1.165) is 38.8 Å². The summed E-state index contributed by atoms with van der Waals surface area (Å²) in [5.41, 5.74) is 18.7. The van der Waals surface area contributed by atoms with Gasteiger partial charge in [-0.3, -0.25) is 0 Å². The van der Waals surface area contributed by atoms with Gasteiger partial charge in [0.25, 0.3) is 0 Å². The van der Waals surface area contributed by atoms with Crippen molar-refractivity contribution >= 4 is 48.9 Å². The van der Waals surface area contributed by atoms with Crippen molar-refractivity contribution in [2.24, 2.45) is 5.92 Å². The van der Waals surface area contributed by atoms with Crippen LogP contribution in [0.2, 0.25) is 0 Å². The molecule has 4 unspecified atom stereocenters. The molecule has 0 fully saturated rings. The van der Waals surface area contributed by atoms with Crippen LogP contribution in [0.25, 0.3) is 44.8 Å². The highest BCUT2D eigenvalue weighted by Crippen LogP contribution is 2.58. The average Bonchev–Trinajstić information content (AvgIpc) is 3.67. The summed E-state index contributed by atoms with van der Waals surface area (Å²) >= 11 is 7.49. The molecule has 0 spiro atoms. The van der Waals surface area contributed by atoms with Crippen molar-refractivity contribution in [2.75, 3.05) is 4.90 Å². The van der Waals surface area contributed by atoms with E-state index in [4.69, 9.17) is 0 Å². The third kappa shape index (κ3) is 7.93. The van der Waals surface area contributed by atoms with Crippen molar-refractivity contribution in [3.05, 3.63) is 207 Å². The van der Waals surface area contributed by atoms with Crippen LogP contribution < -0.4 is 14.0 Å². The molecule has 0 amide bonds. The highest BCUT2D eigenvalue weighted by atomic mass is 79.9. The first-order valence-electron chi connectivity index (χ1n) is 24.9. The number of benzene rings is 6. The normalized spacial score (nSPS) is 18.8. The van der Waals surface area contributed by atoms with Gasteiger partial charge in [0, 0.05) is 75.1 Å². The predicted octanol–water partition coefficient (Wildman–Crippen LogP) is 17.5. The second-order valence-electron chi connectivity index (χ2n) is 21.8. The van der Waals surface area contributed by atoms with Gasteiger partial charge in [-0.1, -0.05) is 155 Å². The Balaban J connectivity index is 1.08. The van der Waals surface area contributed by atoms with Gasteiger partial charge >= 0.3 is 0 Å². The molecule has 0 saturated heterocycles. The maximum atomic E-state index is 3.74. The molecular formula is C64H65Br2N3+2. The standard InChI is InChI=1S/C64H65Br2N3/c1-11-63(10)64(12-2,42(3)60-54-33-21-45(46-37-49(65)41-50(66)38-46)39-55(54)58-17-13-15-35-67(58)60)57-34-22-44(40-56(57)59-18-14-16-36-68(59)63)43-19-27-51(28-20-43)69(52-29-23-47(24-30-52)61(4,5)6)53-31-25-48(26-32-53)62(7,8)9/h13-42,60H,11-12H2,1-10H3/q+2. The Hall–Kier alpha value is -5.62. The summed E-state index contributed by atoms with van der Waals surface area (Å²) in [5, 5.41) is 0. The molecule has 8 aromatic rings. The molecule has 0 radical (unpaired) electrons. The van der Waals surface area contributed by atoms with Gasteiger partial charge in [-0.05, 0) is 135 Å². The molecule has 6 aromatic carbocycles. The van der Waals surface area contributed by atoms with Crippen LogP contribution in [-0.2, 0) is 21.8 Å². The maximum absolute atomic E-state index is 3.74. The third-order valence-corrected chi connectivity index (χ3v) is 17.0. The van der Waals surface area contributed by atoms with E-state index >= 15 is 0 Å². The quantitative estimate of drug-likeness (QED) is 0.131. The van der Waals surface area contributed by atoms with Crippen LogP contribution in [0.5, 0.6) is 0 Å². The van der Waals surface area contributed by atoms with E-state index in [-0.39, 0.29) is 33.7 Å². The number of halogens is 2. The number of aromatic nitrogens is 2. The summed E-state index contributed by atoms with van der Waals surface area (Å²) in [4.78, 5) is 2.39. The summed E-state index contributed by atoms with van der Waals surface area (Å²) in [6, 6.07) is 62.2. The van der Waals surface area contributed by atoms with Crippen LogP contribution in [0.3, 0.4) is 0 Å². The molecule has 5 heteroatoms. The molecule has 4 atom stereocenters. The molecule has 2 aromatic heterocycles. The lowest BCUT2D eigenvalue weighted by atomic mass is 9.52. The van der Waals surface area contributed by atoms with E-state index < -0.39 is 0 Å². The monoisotopic (exact) mass is 1030 g/mol. The lowest BCUT2D eigenvalue weighted by Gasteiger charge is -2.51. The zero-order chi connectivity index (χ0) is 48.6. The van der Waals surface area contributed by atoms with Crippen molar-refractivity contribution in [3.63, 3.8) is 0 Å². The van der Waals surface area contributed by atoms with Gasteiger partial charge in [-0.25, -0.2) is 0 Å². The smallest absolute Gasteiger partial charge is 0.213 e. The second kappa shape index (κ2) is 17.7. The lowest BCUT2D eigenvalue weighted by Crippen LogP contribution is -2.71. The number of nitrogens with zero attached hydrogens (tertiary/aromatic N) is 3. The topological polar surface area (TPSA) is 11.0 Å². The SMILES string of the molecule is CCC1(C(C)C2c3ccc(-c4cc(Br)cc(Br)c4)cc3-c3cccc[n+]32)c2ccc(-c3ccc(N(c4ccc(C(C)(C)C)cc4)c4ccc(C(C)(C)C)cc4)cc3)cc2-c2cccc[n+]2C1(C)CC. The minimum Gasteiger partial charge on any atom is -0.311 e. The summed E-state index contributed by atoms with van der Waals surface area (Å²) < 4.78 is 7.34. The fourth-order valence-corrected chi connectivity index (χ4v) is 13.6. The van der Waals surface area contributed by atoms with E-state index in [1.807, 2.05) is 0 Å². The number of fused-ring (bicyclic) bond motifs is 6. The van der Waals surface area contributed by atoms with Gasteiger partial charge in [0.2, 0.25) is 11.4 Å². The molecule has 0 saturated carbocycles. The number of hydrogen-bond acceptors (Lipinski definition) is 1. The molecule has 10 rings (SSSR count). The molecular weight excluding hydrogens is 971 g/mol. The fourth-order valence-electron chi connectivity index (χ4n) is 12.3. The van der Waals surface area contributed by atoms with Crippen LogP contribution in [0.15, 0.2) is 185 Å². The highest BCUT2D eigenvalue weighted by molar-refractivity contribution is 9.11. The lowest BCUT2D eigenvalue weighted by molar-refractivity contribution is -0.772. The van der Waals surface area contributed by atoms with Crippen molar-refractivity contribution in [1.82, 2.24) is 0 Å². The van der Waals surface area contributed by atoms with Crippen LogP contribution >= 0.6 is 31.9 Å². The molecule has 69 heavy (non-hydrogen) atoms. The third-order valence-electron chi connectivity index (χ3n) is 16.1. The summed E-state index contributed by atoms with van der Waals surface area (Å²) in [7, 11) is 0. The minimum absolute atomic E-state index is 0.0765. The van der Waals surface area contributed by atoms with Gasteiger partial charge in [-0.15, -0.1) is 0 Å². The predicted molar refractivity (Wildman–Crippen MR) is 296 cm³/mol. The fraction of sp³-hybridized carbons (Fsp3) is 0.281. The van der Waals surface area contributed by atoms with E-state index in [9.17, 15) is 0 Å². The van der Waals surface area contributed by atoms with E-state index in [0.29, 0.717) is 0 Å². The van der Waals surface area contributed by atoms with Gasteiger partial charge in [0.1, 0.15) is 0 Å². The average molecular weight is 1040 g/mol. The van der Waals surface area contributed by atoms with Gasteiger partial charge in [0.15, 0.2) is 24.0 Å². The number of rotatable bonds is 9. The van der Waals surface area contributed by atoms with Gasteiger partial charge < -0.3 is 4.90 Å². The highest BCUT2D eigenvalue weighted by Gasteiger charge is 2.65. The van der Waals surface area contributed by atoms with E-state index in [1.54, 1.807) is 0 Å². The second-order valence-corrected chi connectivity index (χ2v) is 23.7. The van der Waals surface area contributed by atoms with Crippen LogP contribution in [-0.4, -0.2) is 0 Å². The Bertz CT molecular complexity index is 3130. The van der Waals surface area contributed by atoms with E-state index in [2.05, 4.69) is 291 Å². The first-order valence-corrected chi connectivity index (χ1v) is 26.4. The zero-order valence-electron chi connectivity index (χ0n) is 41.9.